The fourth-order valence-electron chi connectivity index (χ4n) is 2.80. The number of methoxy groups -OCH3 is 1. The van der Waals surface area contributed by atoms with Gasteiger partial charge in [0.25, 0.3) is 5.91 Å². The van der Waals surface area contributed by atoms with Crippen molar-refractivity contribution in [2.45, 2.75) is 4.90 Å². The Kier molecular flexibility index (Phi) is 4.81. The van der Waals surface area contributed by atoms with Gasteiger partial charge < -0.3 is 15.0 Å². The molecule has 1 amide bonds. The van der Waals surface area contributed by atoms with Crippen LogP contribution in [0, 0.1) is 0 Å². The van der Waals surface area contributed by atoms with Crippen LogP contribution in [0.2, 0.25) is 0 Å². The standard InChI is InChI=1S/C19H20N2O2S/c1-21(13-7-5-4-6-8-13)19(22)16-12-20-17-10-9-14(24-3)11-15(17)18(16)23-2/h4-11,20H,12H2,1-3H3. The zero-order valence-corrected chi connectivity index (χ0v) is 14.8. The van der Waals surface area contributed by atoms with E-state index in [0.29, 0.717) is 17.9 Å². The summed E-state index contributed by atoms with van der Waals surface area (Å²) in [4.78, 5) is 15.8. The minimum absolute atomic E-state index is 0.0641. The number of hydrogen-bond acceptors (Lipinski definition) is 4. The number of amides is 1. The first-order valence-corrected chi connectivity index (χ1v) is 8.90. The van der Waals surface area contributed by atoms with Crippen molar-refractivity contribution in [1.29, 1.82) is 0 Å². The van der Waals surface area contributed by atoms with E-state index in [1.807, 2.05) is 42.7 Å². The summed E-state index contributed by atoms with van der Waals surface area (Å²) in [5, 5.41) is 3.32. The van der Waals surface area contributed by atoms with Gasteiger partial charge in [0.1, 0.15) is 5.76 Å². The molecule has 124 valence electrons. The Bertz CT molecular complexity index is 787. The molecular formula is C19H20N2O2S. The second-order valence-corrected chi connectivity index (χ2v) is 6.36. The van der Waals surface area contributed by atoms with Gasteiger partial charge in [0, 0.05) is 35.4 Å². The molecule has 0 unspecified atom stereocenters. The minimum atomic E-state index is -0.0641. The number of carbonyl (C=O) groups is 1. The van der Waals surface area contributed by atoms with Gasteiger partial charge in [0.05, 0.1) is 12.7 Å². The maximum absolute atomic E-state index is 13.0. The molecular weight excluding hydrogens is 320 g/mol. The Morgan fingerprint density at radius 1 is 1.21 bits per heavy atom. The first-order chi connectivity index (χ1) is 11.7. The summed E-state index contributed by atoms with van der Waals surface area (Å²) >= 11 is 1.67. The summed E-state index contributed by atoms with van der Waals surface area (Å²) in [5.41, 5.74) is 3.41. The number of nitrogens with one attached hydrogen (secondary N) is 1. The van der Waals surface area contributed by atoms with Gasteiger partial charge in [-0.05, 0) is 36.6 Å². The number of ether oxygens (including phenoxy) is 1. The molecule has 0 saturated carbocycles. The fourth-order valence-corrected chi connectivity index (χ4v) is 3.24. The van der Waals surface area contributed by atoms with Crippen LogP contribution in [0.1, 0.15) is 5.56 Å². The highest BCUT2D eigenvalue weighted by Gasteiger charge is 2.27. The number of carbonyl (C=O) groups excluding carboxylic acids is 1. The van der Waals surface area contributed by atoms with E-state index in [0.717, 1.165) is 21.8 Å². The topological polar surface area (TPSA) is 41.6 Å². The van der Waals surface area contributed by atoms with E-state index in [1.54, 1.807) is 30.8 Å². The van der Waals surface area contributed by atoms with Crippen molar-refractivity contribution < 1.29 is 9.53 Å². The largest absolute Gasteiger partial charge is 0.495 e. The molecule has 0 spiro atoms. The molecule has 1 N–H and O–H groups in total. The molecule has 1 aliphatic heterocycles. The number of anilines is 2. The summed E-state index contributed by atoms with van der Waals surface area (Å²) < 4.78 is 5.62. The maximum Gasteiger partial charge on any atom is 0.259 e. The van der Waals surface area contributed by atoms with E-state index in [4.69, 9.17) is 4.74 Å². The van der Waals surface area contributed by atoms with Crippen LogP contribution >= 0.6 is 11.8 Å². The number of hydrogen-bond donors (Lipinski definition) is 1. The van der Waals surface area contributed by atoms with Crippen LogP contribution in [0.5, 0.6) is 0 Å². The SMILES string of the molecule is COC1=C(C(=O)N(C)c2ccccc2)CNc2ccc(SC)cc21. The van der Waals surface area contributed by atoms with Crippen molar-refractivity contribution in [2.75, 3.05) is 37.2 Å². The minimum Gasteiger partial charge on any atom is -0.495 e. The van der Waals surface area contributed by atoms with E-state index in [-0.39, 0.29) is 5.91 Å². The molecule has 0 saturated heterocycles. The molecule has 0 aliphatic carbocycles. The van der Waals surface area contributed by atoms with Crippen LogP contribution in [0.25, 0.3) is 5.76 Å². The summed E-state index contributed by atoms with van der Waals surface area (Å²) in [6.07, 6.45) is 2.03. The first kappa shape index (κ1) is 16.5. The van der Waals surface area contributed by atoms with Crippen LogP contribution < -0.4 is 10.2 Å². The lowest BCUT2D eigenvalue weighted by Crippen LogP contribution is -2.32. The van der Waals surface area contributed by atoms with E-state index < -0.39 is 0 Å². The Morgan fingerprint density at radius 2 is 1.96 bits per heavy atom. The van der Waals surface area contributed by atoms with E-state index >= 15 is 0 Å². The van der Waals surface area contributed by atoms with E-state index in [1.165, 1.54) is 0 Å². The fraction of sp³-hybridized carbons (Fsp3) is 0.211. The lowest BCUT2D eigenvalue weighted by Gasteiger charge is -2.26. The lowest BCUT2D eigenvalue weighted by molar-refractivity contribution is -0.114. The smallest absolute Gasteiger partial charge is 0.259 e. The molecule has 4 nitrogen and oxygen atoms in total. The molecule has 0 bridgehead atoms. The van der Waals surface area contributed by atoms with Gasteiger partial charge in [0.15, 0.2) is 0 Å². The van der Waals surface area contributed by atoms with Crippen LogP contribution in [-0.4, -0.2) is 32.9 Å². The molecule has 0 radical (unpaired) electrons. The van der Waals surface area contributed by atoms with Gasteiger partial charge in [-0.15, -0.1) is 11.8 Å². The molecule has 3 rings (SSSR count). The average molecular weight is 340 g/mol. The number of likely N-dealkylation sites (N-methyl/N-ethyl adjacent to an activating group) is 1. The van der Waals surface area contributed by atoms with Crippen molar-refractivity contribution in [3.63, 3.8) is 0 Å². The number of para-hydroxylation sites is 1. The number of fused-ring (bicyclic) bond motifs is 1. The molecule has 2 aromatic carbocycles. The highest BCUT2D eigenvalue weighted by Crippen LogP contribution is 2.35. The Morgan fingerprint density at radius 3 is 2.62 bits per heavy atom. The van der Waals surface area contributed by atoms with Crippen molar-refractivity contribution in [3.05, 3.63) is 59.7 Å². The molecule has 0 aromatic heterocycles. The predicted octanol–water partition coefficient (Wildman–Crippen LogP) is 3.85. The quantitative estimate of drug-likeness (QED) is 0.858. The maximum atomic E-state index is 13.0. The van der Waals surface area contributed by atoms with Gasteiger partial charge in [-0.2, -0.15) is 0 Å². The van der Waals surface area contributed by atoms with Gasteiger partial charge in [-0.3, -0.25) is 4.79 Å². The third-order valence-corrected chi connectivity index (χ3v) is 4.84. The number of rotatable bonds is 4. The summed E-state index contributed by atoms with van der Waals surface area (Å²) in [7, 11) is 3.40. The van der Waals surface area contributed by atoms with E-state index in [9.17, 15) is 4.79 Å². The zero-order chi connectivity index (χ0) is 17.1. The Hall–Kier alpha value is -2.40. The molecule has 5 heteroatoms. The highest BCUT2D eigenvalue weighted by molar-refractivity contribution is 7.98. The van der Waals surface area contributed by atoms with Gasteiger partial charge in [-0.25, -0.2) is 0 Å². The summed E-state index contributed by atoms with van der Waals surface area (Å²) in [5.74, 6) is 0.582. The number of benzene rings is 2. The predicted molar refractivity (Wildman–Crippen MR) is 100 cm³/mol. The summed E-state index contributed by atoms with van der Waals surface area (Å²) in [6.45, 7) is 0.449. The second kappa shape index (κ2) is 7.01. The lowest BCUT2D eigenvalue weighted by atomic mass is 10.0. The van der Waals surface area contributed by atoms with E-state index in [2.05, 4.69) is 17.4 Å². The van der Waals surface area contributed by atoms with Crippen molar-refractivity contribution in [2.24, 2.45) is 0 Å². The number of thioether (sulfide) groups is 1. The third-order valence-electron chi connectivity index (χ3n) is 4.11. The Balaban J connectivity index is 2.02. The molecule has 1 aliphatic rings. The van der Waals surface area contributed by atoms with Gasteiger partial charge in [0.2, 0.25) is 0 Å². The molecule has 0 fully saturated rings. The monoisotopic (exact) mass is 340 g/mol. The van der Waals surface area contributed by atoms with Crippen LogP contribution in [0.3, 0.4) is 0 Å². The van der Waals surface area contributed by atoms with Crippen LogP contribution in [-0.2, 0) is 9.53 Å². The van der Waals surface area contributed by atoms with Crippen LogP contribution in [0.15, 0.2) is 59.0 Å². The Labute approximate surface area is 146 Å². The van der Waals surface area contributed by atoms with Gasteiger partial charge in [-0.1, -0.05) is 18.2 Å². The zero-order valence-electron chi connectivity index (χ0n) is 14.0. The first-order valence-electron chi connectivity index (χ1n) is 7.68. The van der Waals surface area contributed by atoms with Crippen LogP contribution in [0.4, 0.5) is 11.4 Å². The number of nitrogens with zero attached hydrogens (tertiary/aromatic N) is 1. The van der Waals surface area contributed by atoms with Gasteiger partial charge >= 0.3 is 0 Å². The second-order valence-electron chi connectivity index (χ2n) is 5.48. The molecule has 0 atom stereocenters. The highest BCUT2D eigenvalue weighted by atomic mass is 32.2. The van der Waals surface area contributed by atoms with Crippen molar-refractivity contribution in [1.82, 2.24) is 0 Å². The summed E-state index contributed by atoms with van der Waals surface area (Å²) in [6, 6.07) is 15.8. The molecule has 2 aromatic rings. The average Bonchev–Trinajstić information content (AvgIpc) is 2.66. The normalized spacial score (nSPS) is 13.1. The molecule has 24 heavy (non-hydrogen) atoms. The van der Waals surface area contributed by atoms with Crippen molar-refractivity contribution >= 4 is 34.8 Å². The van der Waals surface area contributed by atoms with Crippen molar-refractivity contribution in [3.8, 4) is 0 Å². The third kappa shape index (κ3) is 2.99. The molecule has 1 heterocycles.